The lowest BCUT2D eigenvalue weighted by atomic mass is 10.1. The zero-order valence-electron chi connectivity index (χ0n) is 13.5. The van der Waals surface area contributed by atoms with E-state index in [9.17, 15) is 4.79 Å². The Balaban J connectivity index is 1.87. The van der Waals surface area contributed by atoms with Gasteiger partial charge in [0.05, 0.1) is 29.5 Å². The number of amides is 1. The van der Waals surface area contributed by atoms with E-state index >= 15 is 0 Å². The van der Waals surface area contributed by atoms with Gasteiger partial charge in [-0.15, -0.1) is 11.8 Å². The molecule has 1 N–H and O–H groups in total. The normalized spacial score (nSPS) is 16.7. The standard InChI is InChI=1S/C18H16N4O2S/c1-24-14-6-2-5-13(8-14)22-11-20-18-16(22)17(25-10-15(23)21-18)12-4-3-7-19-9-12/h2-9,11,17H,10H2,1H3,(H,21,23)/t17-/m1/s1. The van der Waals surface area contributed by atoms with Crippen LogP contribution in [0, 0.1) is 0 Å². The van der Waals surface area contributed by atoms with Crippen molar-refractivity contribution in [1.82, 2.24) is 14.5 Å². The van der Waals surface area contributed by atoms with Gasteiger partial charge in [0.15, 0.2) is 5.82 Å². The van der Waals surface area contributed by atoms with Crippen molar-refractivity contribution in [2.45, 2.75) is 5.25 Å². The van der Waals surface area contributed by atoms with E-state index in [4.69, 9.17) is 4.74 Å². The average Bonchev–Trinajstić information content (AvgIpc) is 2.98. The largest absolute Gasteiger partial charge is 0.497 e. The van der Waals surface area contributed by atoms with Crippen LogP contribution in [0.25, 0.3) is 5.69 Å². The Kier molecular flexibility index (Phi) is 4.15. The second-order valence-electron chi connectivity index (χ2n) is 5.58. The van der Waals surface area contributed by atoms with Gasteiger partial charge in [0.2, 0.25) is 5.91 Å². The summed E-state index contributed by atoms with van der Waals surface area (Å²) in [6, 6.07) is 11.7. The van der Waals surface area contributed by atoms with Gasteiger partial charge in [0.1, 0.15) is 12.1 Å². The highest BCUT2D eigenvalue weighted by atomic mass is 32.2. The van der Waals surface area contributed by atoms with Gasteiger partial charge in [-0.3, -0.25) is 14.3 Å². The van der Waals surface area contributed by atoms with Crippen molar-refractivity contribution in [3.63, 3.8) is 0 Å². The summed E-state index contributed by atoms with van der Waals surface area (Å²) in [4.78, 5) is 20.7. The van der Waals surface area contributed by atoms with Gasteiger partial charge in [-0.25, -0.2) is 4.98 Å². The number of anilines is 1. The predicted octanol–water partition coefficient (Wildman–Crippen LogP) is 3.05. The van der Waals surface area contributed by atoms with Crippen LogP contribution in [0.1, 0.15) is 16.5 Å². The molecule has 0 saturated heterocycles. The molecule has 1 aliphatic heterocycles. The number of aromatic nitrogens is 3. The molecule has 7 heteroatoms. The number of methoxy groups -OCH3 is 1. The van der Waals surface area contributed by atoms with E-state index in [-0.39, 0.29) is 11.2 Å². The zero-order chi connectivity index (χ0) is 17.2. The van der Waals surface area contributed by atoms with Crippen molar-refractivity contribution in [3.05, 3.63) is 66.4 Å². The number of pyridine rings is 1. The maximum Gasteiger partial charge on any atom is 0.235 e. The molecular weight excluding hydrogens is 336 g/mol. The van der Waals surface area contributed by atoms with Crippen LogP contribution in [0.15, 0.2) is 55.1 Å². The molecule has 126 valence electrons. The SMILES string of the molecule is COc1cccc(-n2cnc3c2[C@@H](c2cccnc2)SCC(=O)N3)c1. The molecule has 0 unspecified atom stereocenters. The van der Waals surface area contributed by atoms with Gasteiger partial charge in [-0.05, 0) is 23.8 Å². The lowest BCUT2D eigenvalue weighted by Crippen LogP contribution is -2.12. The molecule has 1 aromatic carbocycles. The van der Waals surface area contributed by atoms with Crippen LogP contribution in [0.3, 0.4) is 0 Å². The molecule has 0 saturated carbocycles. The van der Waals surface area contributed by atoms with Gasteiger partial charge in [-0.2, -0.15) is 0 Å². The molecule has 4 rings (SSSR count). The number of ether oxygens (including phenoxy) is 1. The number of nitrogens with zero attached hydrogens (tertiary/aromatic N) is 3. The number of hydrogen-bond acceptors (Lipinski definition) is 5. The molecule has 3 heterocycles. The fourth-order valence-corrected chi connectivity index (χ4v) is 3.97. The lowest BCUT2D eigenvalue weighted by molar-refractivity contribution is -0.113. The van der Waals surface area contributed by atoms with E-state index < -0.39 is 0 Å². The van der Waals surface area contributed by atoms with Gasteiger partial charge in [0, 0.05) is 18.5 Å². The number of imidazole rings is 1. The Morgan fingerprint density at radius 3 is 3.04 bits per heavy atom. The van der Waals surface area contributed by atoms with E-state index in [1.807, 2.05) is 47.2 Å². The smallest absolute Gasteiger partial charge is 0.235 e. The van der Waals surface area contributed by atoms with Crippen molar-refractivity contribution in [2.24, 2.45) is 0 Å². The number of benzene rings is 1. The van der Waals surface area contributed by atoms with E-state index in [0.29, 0.717) is 11.6 Å². The second kappa shape index (κ2) is 6.60. The van der Waals surface area contributed by atoms with Gasteiger partial charge >= 0.3 is 0 Å². The fourth-order valence-electron chi connectivity index (χ4n) is 2.86. The summed E-state index contributed by atoms with van der Waals surface area (Å²) >= 11 is 1.57. The third kappa shape index (κ3) is 2.98. The maximum absolute atomic E-state index is 12.1. The molecule has 1 atom stereocenters. The van der Waals surface area contributed by atoms with Crippen LogP contribution >= 0.6 is 11.8 Å². The highest BCUT2D eigenvalue weighted by Gasteiger charge is 2.29. The summed E-state index contributed by atoms with van der Waals surface area (Å²) in [5.41, 5.74) is 2.89. The molecule has 0 spiro atoms. The molecule has 6 nitrogen and oxygen atoms in total. The first-order chi connectivity index (χ1) is 12.3. The Labute approximate surface area is 149 Å². The summed E-state index contributed by atoms with van der Waals surface area (Å²) in [6.45, 7) is 0. The predicted molar refractivity (Wildman–Crippen MR) is 97.3 cm³/mol. The number of carbonyl (C=O) groups is 1. The Bertz CT molecular complexity index is 910. The summed E-state index contributed by atoms with van der Waals surface area (Å²) in [5.74, 6) is 1.68. The average molecular weight is 352 g/mol. The van der Waals surface area contributed by atoms with E-state index in [1.165, 1.54) is 0 Å². The topological polar surface area (TPSA) is 69.0 Å². The van der Waals surface area contributed by atoms with E-state index in [1.54, 1.807) is 31.4 Å². The van der Waals surface area contributed by atoms with Gasteiger partial charge < -0.3 is 10.1 Å². The molecule has 0 radical (unpaired) electrons. The highest BCUT2D eigenvalue weighted by molar-refractivity contribution is 8.00. The second-order valence-corrected chi connectivity index (χ2v) is 6.67. The third-order valence-electron chi connectivity index (χ3n) is 4.01. The monoisotopic (exact) mass is 352 g/mol. The summed E-state index contributed by atoms with van der Waals surface area (Å²) < 4.78 is 7.33. The quantitative estimate of drug-likeness (QED) is 0.785. The molecule has 0 bridgehead atoms. The van der Waals surface area contributed by atoms with Crippen molar-refractivity contribution >= 4 is 23.5 Å². The summed E-state index contributed by atoms with van der Waals surface area (Å²) in [7, 11) is 1.64. The first-order valence-corrected chi connectivity index (χ1v) is 8.84. The van der Waals surface area contributed by atoms with Crippen molar-refractivity contribution in [3.8, 4) is 11.4 Å². The number of fused-ring (bicyclic) bond motifs is 1. The summed E-state index contributed by atoms with van der Waals surface area (Å²) in [5, 5.41) is 2.85. The van der Waals surface area contributed by atoms with Crippen LogP contribution in [0.2, 0.25) is 0 Å². The van der Waals surface area contributed by atoms with Gasteiger partial charge in [-0.1, -0.05) is 12.1 Å². The molecule has 1 aliphatic rings. The fraction of sp³-hybridized carbons (Fsp3) is 0.167. The lowest BCUT2D eigenvalue weighted by Gasteiger charge is -2.18. The summed E-state index contributed by atoms with van der Waals surface area (Å²) in [6.07, 6.45) is 5.31. The number of nitrogens with one attached hydrogen (secondary N) is 1. The molecule has 0 fully saturated rings. The van der Waals surface area contributed by atoms with Crippen LogP contribution < -0.4 is 10.1 Å². The zero-order valence-corrected chi connectivity index (χ0v) is 14.4. The van der Waals surface area contributed by atoms with Crippen molar-refractivity contribution in [1.29, 1.82) is 0 Å². The molecule has 2 aromatic heterocycles. The number of hydrogen-bond donors (Lipinski definition) is 1. The molecule has 0 aliphatic carbocycles. The van der Waals surface area contributed by atoms with Crippen LogP contribution in [-0.2, 0) is 4.79 Å². The minimum atomic E-state index is -0.0477. The minimum absolute atomic E-state index is 0.0450. The number of thioether (sulfide) groups is 1. The number of carbonyl (C=O) groups excluding carboxylic acids is 1. The van der Waals surface area contributed by atoms with Crippen molar-refractivity contribution < 1.29 is 9.53 Å². The maximum atomic E-state index is 12.1. The van der Waals surface area contributed by atoms with E-state index in [2.05, 4.69) is 15.3 Å². The van der Waals surface area contributed by atoms with Crippen LogP contribution in [-0.4, -0.2) is 33.3 Å². The van der Waals surface area contributed by atoms with Gasteiger partial charge in [0.25, 0.3) is 0 Å². The van der Waals surface area contributed by atoms with E-state index in [0.717, 1.165) is 22.7 Å². The Hall–Kier alpha value is -2.80. The Morgan fingerprint density at radius 1 is 1.32 bits per heavy atom. The molecule has 25 heavy (non-hydrogen) atoms. The first kappa shape index (κ1) is 15.7. The molecule has 1 amide bonds. The molecular formula is C18H16N4O2S. The molecule has 3 aromatic rings. The van der Waals surface area contributed by atoms with Crippen LogP contribution in [0.5, 0.6) is 5.75 Å². The Morgan fingerprint density at radius 2 is 2.24 bits per heavy atom. The first-order valence-electron chi connectivity index (χ1n) is 7.79. The van der Waals surface area contributed by atoms with Crippen LogP contribution in [0.4, 0.5) is 5.82 Å². The minimum Gasteiger partial charge on any atom is -0.497 e. The highest BCUT2D eigenvalue weighted by Crippen LogP contribution is 2.41. The third-order valence-corrected chi connectivity index (χ3v) is 5.27. The number of rotatable bonds is 3. The van der Waals surface area contributed by atoms with Crippen molar-refractivity contribution in [2.75, 3.05) is 18.2 Å².